The number of piperazine rings is 1. The largest absolute Gasteiger partial charge is 0.337 e. The van der Waals surface area contributed by atoms with Gasteiger partial charge in [0, 0.05) is 56.1 Å². The van der Waals surface area contributed by atoms with E-state index in [4.69, 9.17) is 23.2 Å². The lowest BCUT2D eigenvalue weighted by atomic mass is 9.89. The maximum absolute atomic E-state index is 14.0. The number of carbonyl (C=O) groups excluding carboxylic acids is 1. The van der Waals surface area contributed by atoms with Crippen molar-refractivity contribution in [1.29, 1.82) is 0 Å². The SMILES string of the molecule is CC(c1cc(Cl)cc(Cl)c1)N(C)C(=O)C1(N2CCNCC2)Cc2ccccc2C1.Cl.Cl. The molecule has 2 aromatic rings. The summed E-state index contributed by atoms with van der Waals surface area (Å²) in [6.45, 7) is 5.62. The highest BCUT2D eigenvalue weighted by molar-refractivity contribution is 6.34. The molecule has 1 aliphatic carbocycles. The Labute approximate surface area is 207 Å². The molecule has 1 atom stereocenters. The van der Waals surface area contributed by atoms with Gasteiger partial charge >= 0.3 is 0 Å². The van der Waals surface area contributed by atoms with Crippen LogP contribution in [0.2, 0.25) is 10.0 Å². The number of hydrogen-bond donors (Lipinski definition) is 1. The van der Waals surface area contributed by atoms with Crippen LogP contribution in [0.5, 0.6) is 0 Å². The Kier molecular flexibility index (Phi) is 9.09. The Morgan fingerprint density at radius 2 is 1.55 bits per heavy atom. The number of likely N-dealkylation sites (N-methyl/N-ethyl adjacent to an activating group) is 1. The molecule has 0 bridgehead atoms. The first-order valence-corrected chi connectivity index (χ1v) is 10.9. The molecule has 1 amide bonds. The van der Waals surface area contributed by atoms with E-state index in [1.807, 2.05) is 31.0 Å². The van der Waals surface area contributed by atoms with Crippen LogP contribution in [0, 0.1) is 0 Å². The summed E-state index contributed by atoms with van der Waals surface area (Å²) in [6, 6.07) is 13.8. The molecule has 1 heterocycles. The monoisotopic (exact) mass is 503 g/mol. The predicted molar refractivity (Wildman–Crippen MR) is 133 cm³/mol. The second-order valence-corrected chi connectivity index (χ2v) is 9.06. The summed E-state index contributed by atoms with van der Waals surface area (Å²) >= 11 is 12.4. The average molecular weight is 505 g/mol. The lowest BCUT2D eigenvalue weighted by Gasteiger charge is -2.45. The molecular formula is C23H29Cl4N3O. The second kappa shape index (κ2) is 10.7. The third-order valence-corrected chi connectivity index (χ3v) is 6.91. The van der Waals surface area contributed by atoms with Crippen LogP contribution in [0.15, 0.2) is 42.5 Å². The third-order valence-electron chi connectivity index (χ3n) is 6.47. The topological polar surface area (TPSA) is 35.6 Å². The molecule has 1 fully saturated rings. The summed E-state index contributed by atoms with van der Waals surface area (Å²) < 4.78 is 0. The van der Waals surface area contributed by atoms with Crippen LogP contribution in [0.4, 0.5) is 0 Å². The highest BCUT2D eigenvalue weighted by Gasteiger charge is 2.50. The normalized spacial score (nSPS) is 18.3. The van der Waals surface area contributed by atoms with Crippen LogP contribution in [-0.2, 0) is 17.6 Å². The van der Waals surface area contributed by atoms with E-state index in [9.17, 15) is 4.79 Å². The Morgan fingerprint density at radius 1 is 1.03 bits per heavy atom. The number of nitrogens with one attached hydrogen (secondary N) is 1. The minimum atomic E-state index is -0.531. The van der Waals surface area contributed by atoms with Gasteiger partial charge in [0.1, 0.15) is 5.54 Å². The van der Waals surface area contributed by atoms with Crippen LogP contribution in [0.25, 0.3) is 0 Å². The minimum Gasteiger partial charge on any atom is -0.337 e. The van der Waals surface area contributed by atoms with E-state index in [-0.39, 0.29) is 36.8 Å². The Hall–Kier alpha value is -1.01. The van der Waals surface area contributed by atoms with Crippen molar-refractivity contribution in [2.45, 2.75) is 31.3 Å². The molecule has 4 nitrogen and oxygen atoms in total. The highest BCUT2D eigenvalue weighted by Crippen LogP contribution is 2.38. The minimum absolute atomic E-state index is 0. The standard InChI is InChI=1S/C23H27Cl2N3O.2ClH/c1-16(19-11-20(24)13-21(25)12-19)27(2)22(29)23(28-9-7-26-8-10-28)14-17-5-3-4-6-18(17)15-23;;/h3-6,11-13,16,26H,7-10,14-15H2,1-2H3;2*1H. The molecule has 0 spiro atoms. The van der Waals surface area contributed by atoms with Crippen LogP contribution in [-0.4, -0.2) is 54.5 Å². The number of rotatable bonds is 4. The quantitative estimate of drug-likeness (QED) is 0.649. The van der Waals surface area contributed by atoms with Gasteiger partial charge in [0.2, 0.25) is 5.91 Å². The van der Waals surface area contributed by atoms with Gasteiger partial charge in [-0.25, -0.2) is 0 Å². The van der Waals surface area contributed by atoms with E-state index in [0.29, 0.717) is 10.0 Å². The van der Waals surface area contributed by atoms with Crippen molar-refractivity contribution in [2.24, 2.45) is 0 Å². The lowest BCUT2D eigenvalue weighted by molar-refractivity contribution is -0.145. The molecule has 0 radical (unpaired) electrons. The fourth-order valence-electron chi connectivity index (χ4n) is 4.74. The predicted octanol–water partition coefficient (Wildman–Crippen LogP) is 4.80. The first-order valence-electron chi connectivity index (χ1n) is 10.2. The van der Waals surface area contributed by atoms with Crippen LogP contribution < -0.4 is 5.32 Å². The molecule has 31 heavy (non-hydrogen) atoms. The zero-order valence-corrected chi connectivity index (χ0v) is 20.9. The van der Waals surface area contributed by atoms with Crippen LogP contribution in [0.3, 0.4) is 0 Å². The van der Waals surface area contributed by atoms with Crippen molar-refractivity contribution in [1.82, 2.24) is 15.1 Å². The van der Waals surface area contributed by atoms with E-state index in [1.54, 1.807) is 6.07 Å². The molecule has 0 saturated carbocycles. The summed E-state index contributed by atoms with van der Waals surface area (Å²) in [5.41, 5.74) is 2.98. The molecule has 1 N–H and O–H groups in total. The van der Waals surface area contributed by atoms with E-state index < -0.39 is 5.54 Å². The number of carbonyl (C=O) groups is 1. The molecule has 1 aliphatic heterocycles. The van der Waals surface area contributed by atoms with Crippen molar-refractivity contribution in [3.8, 4) is 0 Å². The van der Waals surface area contributed by atoms with Gasteiger partial charge in [0.05, 0.1) is 6.04 Å². The summed E-state index contributed by atoms with van der Waals surface area (Å²) in [7, 11) is 1.90. The van der Waals surface area contributed by atoms with Crippen LogP contribution >= 0.6 is 48.0 Å². The van der Waals surface area contributed by atoms with Crippen molar-refractivity contribution in [2.75, 3.05) is 33.2 Å². The van der Waals surface area contributed by atoms with Crippen molar-refractivity contribution in [3.05, 3.63) is 69.2 Å². The fourth-order valence-corrected chi connectivity index (χ4v) is 5.29. The molecule has 170 valence electrons. The van der Waals surface area contributed by atoms with Gasteiger partial charge in [-0.05, 0) is 41.8 Å². The van der Waals surface area contributed by atoms with E-state index in [1.165, 1.54) is 11.1 Å². The summed E-state index contributed by atoms with van der Waals surface area (Å²) in [5.74, 6) is 0.166. The first kappa shape index (κ1) is 26.2. The van der Waals surface area contributed by atoms with E-state index in [0.717, 1.165) is 44.6 Å². The number of hydrogen-bond acceptors (Lipinski definition) is 3. The fraction of sp³-hybridized carbons (Fsp3) is 0.435. The molecule has 0 aromatic heterocycles. The van der Waals surface area contributed by atoms with Gasteiger partial charge in [-0.3, -0.25) is 9.69 Å². The van der Waals surface area contributed by atoms with Gasteiger partial charge in [-0.2, -0.15) is 0 Å². The summed E-state index contributed by atoms with van der Waals surface area (Å²) in [6.07, 6.45) is 1.52. The zero-order valence-electron chi connectivity index (χ0n) is 17.7. The number of halogens is 4. The van der Waals surface area contributed by atoms with Crippen LogP contribution in [0.1, 0.15) is 29.7 Å². The molecule has 2 aromatic carbocycles. The number of benzene rings is 2. The second-order valence-electron chi connectivity index (χ2n) is 8.19. The van der Waals surface area contributed by atoms with Crippen molar-refractivity contribution in [3.63, 3.8) is 0 Å². The lowest BCUT2D eigenvalue weighted by Crippen LogP contribution is -2.64. The first-order chi connectivity index (χ1) is 13.9. The Bertz CT molecular complexity index is 872. The molecule has 8 heteroatoms. The molecule has 4 rings (SSSR count). The maximum atomic E-state index is 14.0. The summed E-state index contributed by atoms with van der Waals surface area (Å²) in [5, 5.41) is 4.59. The summed E-state index contributed by atoms with van der Waals surface area (Å²) in [4.78, 5) is 18.3. The maximum Gasteiger partial charge on any atom is 0.244 e. The zero-order chi connectivity index (χ0) is 20.6. The molecular weight excluding hydrogens is 476 g/mol. The molecule has 1 saturated heterocycles. The van der Waals surface area contributed by atoms with E-state index >= 15 is 0 Å². The number of nitrogens with zero attached hydrogens (tertiary/aromatic N) is 2. The smallest absolute Gasteiger partial charge is 0.244 e. The molecule has 2 aliphatic rings. The average Bonchev–Trinajstić information content (AvgIpc) is 3.13. The van der Waals surface area contributed by atoms with Gasteiger partial charge in [0.15, 0.2) is 0 Å². The van der Waals surface area contributed by atoms with Gasteiger partial charge < -0.3 is 10.2 Å². The van der Waals surface area contributed by atoms with Crippen molar-refractivity contribution < 1.29 is 4.79 Å². The highest BCUT2D eigenvalue weighted by atomic mass is 35.5. The number of fused-ring (bicyclic) bond motifs is 1. The Morgan fingerprint density at radius 3 is 2.06 bits per heavy atom. The van der Waals surface area contributed by atoms with Gasteiger partial charge in [-0.1, -0.05) is 47.5 Å². The van der Waals surface area contributed by atoms with Gasteiger partial charge in [-0.15, -0.1) is 24.8 Å². The van der Waals surface area contributed by atoms with E-state index in [2.05, 4.69) is 34.5 Å². The Balaban J connectivity index is 0.00000171. The van der Waals surface area contributed by atoms with Gasteiger partial charge in [0.25, 0.3) is 0 Å². The molecule has 1 unspecified atom stereocenters. The van der Waals surface area contributed by atoms with Crippen molar-refractivity contribution >= 4 is 53.9 Å². The third kappa shape index (κ3) is 5.16. The number of amides is 1.